The van der Waals surface area contributed by atoms with E-state index >= 15 is 0 Å². The van der Waals surface area contributed by atoms with Gasteiger partial charge in [-0.2, -0.15) is 0 Å². The van der Waals surface area contributed by atoms with Crippen LogP contribution in [0.3, 0.4) is 0 Å². The van der Waals surface area contributed by atoms with Crippen LogP contribution in [0.15, 0.2) is 48.8 Å². The summed E-state index contributed by atoms with van der Waals surface area (Å²) in [7, 11) is 1.97. The Balaban J connectivity index is 1.80. The number of pyridine rings is 1. The molecule has 0 saturated carbocycles. The zero-order chi connectivity index (χ0) is 19.7. The molecule has 28 heavy (non-hydrogen) atoms. The van der Waals surface area contributed by atoms with Crippen LogP contribution in [-0.4, -0.2) is 61.9 Å². The highest BCUT2D eigenvalue weighted by molar-refractivity contribution is 6.03. The second-order valence-corrected chi connectivity index (χ2v) is 6.75. The van der Waals surface area contributed by atoms with Crippen LogP contribution in [0.1, 0.15) is 10.4 Å². The third-order valence-electron chi connectivity index (χ3n) is 4.95. The number of H-pyrrole nitrogens is 1. The normalized spacial score (nSPS) is 11.4. The fraction of sp³-hybridized carbons (Fsp3) is 0.238. The molecule has 4 aromatic rings. The lowest BCUT2D eigenvalue weighted by Gasteiger charge is -2.20. The van der Waals surface area contributed by atoms with Crippen molar-refractivity contribution in [3.05, 3.63) is 54.4 Å². The Hall–Kier alpha value is -3.16. The lowest BCUT2D eigenvalue weighted by Crippen LogP contribution is -2.35. The first-order valence-electron chi connectivity index (χ1n) is 9.16. The van der Waals surface area contributed by atoms with Crippen molar-refractivity contribution >= 4 is 27.8 Å². The zero-order valence-corrected chi connectivity index (χ0v) is 15.6. The minimum Gasteiger partial charge on any atom is -0.395 e. The zero-order valence-electron chi connectivity index (χ0n) is 15.6. The summed E-state index contributed by atoms with van der Waals surface area (Å²) in [6.45, 7) is 0.0821. The summed E-state index contributed by atoms with van der Waals surface area (Å²) in [4.78, 5) is 22.0. The second kappa shape index (κ2) is 7.46. The summed E-state index contributed by atoms with van der Waals surface area (Å²) in [5.41, 5.74) is 4.27. The van der Waals surface area contributed by atoms with Crippen LogP contribution in [0.5, 0.6) is 0 Å². The van der Waals surface area contributed by atoms with E-state index in [9.17, 15) is 15.0 Å². The van der Waals surface area contributed by atoms with E-state index in [4.69, 9.17) is 0 Å². The number of hydrogen-bond donors (Lipinski definition) is 3. The summed E-state index contributed by atoms with van der Waals surface area (Å²) in [5, 5.41) is 20.4. The second-order valence-electron chi connectivity index (χ2n) is 6.75. The number of aliphatic hydroxyl groups excluding tert-OH is 2. The van der Waals surface area contributed by atoms with Gasteiger partial charge in [0.1, 0.15) is 5.65 Å². The number of aliphatic hydroxyl groups is 2. The number of carbonyl (C=O) groups excluding carboxylic acids is 1. The number of amides is 1. The summed E-state index contributed by atoms with van der Waals surface area (Å²) >= 11 is 0. The van der Waals surface area contributed by atoms with Gasteiger partial charge in [-0.1, -0.05) is 0 Å². The van der Waals surface area contributed by atoms with E-state index < -0.39 is 0 Å². The molecule has 1 amide bonds. The number of rotatable bonds is 6. The van der Waals surface area contributed by atoms with Crippen molar-refractivity contribution in [1.29, 1.82) is 0 Å². The average Bonchev–Trinajstić information content (AvgIpc) is 3.28. The van der Waals surface area contributed by atoms with Gasteiger partial charge in [-0.3, -0.25) is 4.79 Å². The highest BCUT2D eigenvalue weighted by Gasteiger charge is 2.18. The van der Waals surface area contributed by atoms with Crippen molar-refractivity contribution in [1.82, 2.24) is 19.4 Å². The van der Waals surface area contributed by atoms with Gasteiger partial charge in [0, 0.05) is 65.6 Å². The number of nitrogens with zero attached hydrogens (tertiary/aromatic N) is 3. The molecule has 0 radical (unpaired) electrons. The largest absolute Gasteiger partial charge is 0.395 e. The number of carbonyl (C=O) groups is 1. The SMILES string of the molecule is Cn1cc(-c2cc3cccnc3[nH]2)c2cc(C(=O)N(CCO)CCO)ccc21. The van der Waals surface area contributed by atoms with Crippen LogP contribution in [-0.2, 0) is 7.05 Å². The van der Waals surface area contributed by atoms with E-state index in [1.54, 1.807) is 12.3 Å². The molecule has 1 aromatic carbocycles. The van der Waals surface area contributed by atoms with Crippen LogP contribution >= 0.6 is 0 Å². The van der Waals surface area contributed by atoms with E-state index in [0.717, 1.165) is 33.2 Å². The standard InChI is InChI=1S/C21H22N4O3/c1-24-13-17(18-12-14-3-2-6-22-20(14)23-18)16-11-15(4-5-19(16)24)21(28)25(7-9-26)8-10-27/h2-6,11-13,26-27H,7-10H2,1H3,(H,22,23). The number of fused-ring (bicyclic) bond motifs is 2. The molecule has 7 nitrogen and oxygen atoms in total. The van der Waals surface area contributed by atoms with Crippen LogP contribution in [0.25, 0.3) is 33.2 Å². The minimum atomic E-state index is -0.210. The Morgan fingerprint density at radius 1 is 1.18 bits per heavy atom. The first-order valence-corrected chi connectivity index (χ1v) is 9.16. The summed E-state index contributed by atoms with van der Waals surface area (Å²) in [5.74, 6) is -0.210. The van der Waals surface area contributed by atoms with Gasteiger partial charge < -0.3 is 24.7 Å². The first-order chi connectivity index (χ1) is 13.6. The molecule has 4 rings (SSSR count). The average molecular weight is 378 g/mol. The van der Waals surface area contributed by atoms with Crippen LogP contribution < -0.4 is 0 Å². The van der Waals surface area contributed by atoms with Gasteiger partial charge in [0.25, 0.3) is 5.91 Å². The van der Waals surface area contributed by atoms with E-state index in [1.165, 1.54) is 4.90 Å². The topological polar surface area (TPSA) is 94.4 Å². The third kappa shape index (κ3) is 3.15. The Morgan fingerprint density at radius 3 is 2.68 bits per heavy atom. The van der Waals surface area contributed by atoms with Crippen LogP contribution in [0, 0.1) is 0 Å². The highest BCUT2D eigenvalue weighted by atomic mass is 16.3. The Bertz CT molecular complexity index is 1110. The lowest BCUT2D eigenvalue weighted by molar-refractivity contribution is 0.0685. The molecule has 0 unspecified atom stereocenters. The Labute approximate surface area is 161 Å². The van der Waals surface area contributed by atoms with Gasteiger partial charge in [-0.25, -0.2) is 4.98 Å². The maximum absolute atomic E-state index is 12.8. The van der Waals surface area contributed by atoms with E-state index in [-0.39, 0.29) is 32.2 Å². The van der Waals surface area contributed by atoms with Gasteiger partial charge >= 0.3 is 0 Å². The molecule has 0 aliphatic carbocycles. The quantitative estimate of drug-likeness (QED) is 0.479. The third-order valence-corrected chi connectivity index (χ3v) is 4.95. The molecule has 0 atom stereocenters. The monoisotopic (exact) mass is 378 g/mol. The summed E-state index contributed by atoms with van der Waals surface area (Å²) in [6, 6.07) is 11.5. The minimum absolute atomic E-state index is 0.146. The van der Waals surface area contributed by atoms with Gasteiger partial charge in [-0.15, -0.1) is 0 Å². The number of aryl methyl sites for hydroxylation is 1. The van der Waals surface area contributed by atoms with Crippen molar-refractivity contribution in [2.24, 2.45) is 7.05 Å². The fourth-order valence-electron chi connectivity index (χ4n) is 3.58. The molecule has 144 valence electrons. The number of nitrogens with one attached hydrogen (secondary N) is 1. The lowest BCUT2D eigenvalue weighted by atomic mass is 10.1. The highest BCUT2D eigenvalue weighted by Crippen LogP contribution is 2.32. The molecule has 0 saturated heterocycles. The Kier molecular flexibility index (Phi) is 4.85. The number of benzene rings is 1. The predicted octanol–water partition coefficient (Wildman–Crippen LogP) is 2.15. The van der Waals surface area contributed by atoms with Crippen molar-refractivity contribution in [3.8, 4) is 11.3 Å². The number of hydrogen-bond acceptors (Lipinski definition) is 4. The molecule has 3 aromatic heterocycles. The molecule has 0 spiro atoms. The molecule has 0 aliphatic rings. The van der Waals surface area contributed by atoms with Gasteiger partial charge in [0.2, 0.25) is 0 Å². The Morgan fingerprint density at radius 2 is 1.96 bits per heavy atom. The molecule has 0 fully saturated rings. The summed E-state index contributed by atoms with van der Waals surface area (Å²) in [6.07, 6.45) is 3.78. The summed E-state index contributed by atoms with van der Waals surface area (Å²) < 4.78 is 2.02. The molecule has 0 bridgehead atoms. The molecular formula is C21H22N4O3. The van der Waals surface area contributed by atoms with Gasteiger partial charge in [-0.05, 0) is 36.4 Å². The number of aromatic nitrogens is 3. The predicted molar refractivity (Wildman–Crippen MR) is 108 cm³/mol. The van der Waals surface area contributed by atoms with Gasteiger partial charge in [0.05, 0.1) is 13.2 Å². The van der Waals surface area contributed by atoms with Crippen molar-refractivity contribution in [2.45, 2.75) is 0 Å². The molecular weight excluding hydrogens is 356 g/mol. The van der Waals surface area contributed by atoms with E-state index in [2.05, 4.69) is 16.0 Å². The molecule has 7 heteroatoms. The molecule has 0 aliphatic heterocycles. The van der Waals surface area contributed by atoms with Crippen LogP contribution in [0.2, 0.25) is 0 Å². The maximum atomic E-state index is 12.8. The van der Waals surface area contributed by atoms with Crippen LogP contribution in [0.4, 0.5) is 0 Å². The first kappa shape index (κ1) is 18.2. The van der Waals surface area contributed by atoms with Crippen molar-refractivity contribution in [2.75, 3.05) is 26.3 Å². The molecule has 3 heterocycles. The van der Waals surface area contributed by atoms with E-state index in [1.807, 2.05) is 42.1 Å². The number of aromatic amines is 1. The maximum Gasteiger partial charge on any atom is 0.254 e. The fourth-order valence-corrected chi connectivity index (χ4v) is 3.58. The smallest absolute Gasteiger partial charge is 0.254 e. The van der Waals surface area contributed by atoms with Crippen molar-refractivity contribution in [3.63, 3.8) is 0 Å². The van der Waals surface area contributed by atoms with Crippen molar-refractivity contribution < 1.29 is 15.0 Å². The molecule has 3 N–H and O–H groups in total. The van der Waals surface area contributed by atoms with E-state index in [0.29, 0.717) is 5.56 Å². The van der Waals surface area contributed by atoms with Gasteiger partial charge in [0.15, 0.2) is 0 Å².